The lowest BCUT2D eigenvalue weighted by atomic mass is 10.1. The third-order valence-corrected chi connectivity index (χ3v) is 5.31. The average molecular weight is 471 g/mol. The van der Waals surface area contributed by atoms with Gasteiger partial charge in [-0.25, -0.2) is 19.9 Å². The van der Waals surface area contributed by atoms with Gasteiger partial charge in [0.1, 0.15) is 24.7 Å². The van der Waals surface area contributed by atoms with E-state index in [0.717, 1.165) is 29.9 Å². The van der Waals surface area contributed by atoms with Gasteiger partial charge in [-0.15, -0.1) is 0 Å². The van der Waals surface area contributed by atoms with E-state index in [1.54, 1.807) is 6.92 Å². The highest BCUT2D eigenvalue weighted by atomic mass is 35.5. The van der Waals surface area contributed by atoms with Crippen molar-refractivity contribution < 1.29 is 18.1 Å². The lowest BCUT2D eigenvalue weighted by Gasteiger charge is -2.17. The number of nitrogens with zero attached hydrogens (tertiary/aromatic N) is 7. The Kier molecular flexibility index (Phi) is 5.18. The molecule has 160 valence electrons. The van der Waals surface area contributed by atoms with E-state index in [1.807, 2.05) is 0 Å². The van der Waals surface area contributed by atoms with Gasteiger partial charge in [-0.2, -0.15) is 23.0 Å². The maximum absolute atomic E-state index is 13.4. The molecule has 15 heteroatoms. The smallest absolute Gasteiger partial charge is 0.360 e. The van der Waals surface area contributed by atoms with Crippen LogP contribution in [0.25, 0.3) is 16.0 Å². The second kappa shape index (κ2) is 7.70. The van der Waals surface area contributed by atoms with Crippen LogP contribution in [0.4, 0.5) is 24.0 Å². The molecule has 1 aromatic carbocycles. The summed E-state index contributed by atoms with van der Waals surface area (Å²) in [6.45, 7) is 1.67. The van der Waals surface area contributed by atoms with Crippen molar-refractivity contribution in [1.82, 2.24) is 29.7 Å². The first-order chi connectivity index (χ1) is 14.6. The molecule has 10 nitrogen and oxygen atoms in total. The molecule has 0 spiro atoms. The molecule has 1 N–H and O–H groups in total. The van der Waals surface area contributed by atoms with Crippen molar-refractivity contribution in [1.29, 1.82) is 0 Å². The minimum atomic E-state index is -4.65. The van der Waals surface area contributed by atoms with Crippen LogP contribution in [0, 0.1) is 10.1 Å². The summed E-state index contributed by atoms with van der Waals surface area (Å²) in [6, 6.07) is 1.52. The van der Waals surface area contributed by atoms with Gasteiger partial charge in [-0.05, 0) is 30.4 Å². The summed E-state index contributed by atoms with van der Waals surface area (Å²) < 4.78 is 41.5. The first-order valence-electron chi connectivity index (χ1n) is 8.43. The number of hydrogen-bond acceptors (Lipinski definition) is 9. The molecule has 0 radical (unpaired) electrons. The van der Waals surface area contributed by atoms with Crippen molar-refractivity contribution in [2.45, 2.75) is 19.1 Å². The van der Waals surface area contributed by atoms with Gasteiger partial charge in [0.15, 0.2) is 5.82 Å². The number of hydrogen-bond donors (Lipinski definition) is 1. The van der Waals surface area contributed by atoms with E-state index in [1.165, 1.54) is 17.1 Å². The van der Waals surface area contributed by atoms with Crippen LogP contribution in [0.2, 0.25) is 5.02 Å². The highest BCUT2D eigenvalue weighted by Crippen LogP contribution is 2.38. The van der Waals surface area contributed by atoms with Crippen molar-refractivity contribution in [3.63, 3.8) is 0 Å². The molecule has 0 saturated carbocycles. The topological polar surface area (TPSA) is 125 Å². The van der Waals surface area contributed by atoms with Crippen molar-refractivity contribution in [3.8, 4) is 5.13 Å². The van der Waals surface area contributed by atoms with Crippen LogP contribution in [0.3, 0.4) is 0 Å². The zero-order valence-corrected chi connectivity index (χ0v) is 16.9. The zero-order valence-electron chi connectivity index (χ0n) is 15.3. The minimum Gasteiger partial charge on any atom is -0.360 e. The number of anilines is 1. The number of aromatic nitrogens is 6. The van der Waals surface area contributed by atoms with Gasteiger partial charge >= 0.3 is 11.2 Å². The Morgan fingerprint density at radius 3 is 2.68 bits per heavy atom. The predicted octanol–water partition coefficient (Wildman–Crippen LogP) is 4.42. The summed E-state index contributed by atoms with van der Waals surface area (Å²) in [4.78, 5) is 26.2. The number of fused-ring (bicyclic) bond motifs is 1. The molecular formula is C16H10ClF3N8O2S. The summed E-state index contributed by atoms with van der Waals surface area (Å²) in [7, 11) is 0. The van der Waals surface area contributed by atoms with Gasteiger partial charge in [0.05, 0.1) is 22.0 Å². The predicted molar refractivity (Wildman–Crippen MR) is 105 cm³/mol. The third-order valence-electron chi connectivity index (χ3n) is 4.17. The normalized spacial score (nSPS) is 12.8. The molecule has 4 rings (SSSR count). The molecule has 4 aromatic rings. The second-order valence-corrected chi connectivity index (χ2v) is 7.63. The molecule has 0 saturated heterocycles. The van der Waals surface area contributed by atoms with Crippen LogP contribution in [0.1, 0.15) is 24.4 Å². The SMILES string of the molecule is C[C@H](Nc1ncnc2c(C(F)(F)F)cc(Cl)cc12)c1ncnn1-c1ncc([N+](=O)[O-])s1. The second-order valence-electron chi connectivity index (χ2n) is 6.20. The van der Waals surface area contributed by atoms with Gasteiger partial charge in [0.2, 0.25) is 5.13 Å². The van der Waals surface area contributed by atoms with Gasteiger partial charge in [-0.1, -0.05) is 11.6 Å². The summed E-state index contributed by atoms with van der Waals surface area (Å²) in [5.74, 6) is 0.416. The van der Waals surface area contributed by atoms with E-state index < -0.39 is 22.7 Å². The molecule has 3 aromatic heterocycles. The molecule has 1 atom stereocenters. The molecule has 0 aliphatic heterocycles. The molecule has 0 aliphatic carbocycles. The number of benzene rings is 1. The fraction of sp³-hybridized carbons (Fsp3) is 0.188. The van der Waals surface area contributed by atoms with Crippen LogP contribution in [-0.2, 0) is 6.18 Å². The minimum absolute atomic E-state index is 0.0742. The van der Waals surface area contributed by atoms with E-state index in [-0.39, 0.29) is 31.9 Å². The average Bonchev–Trinajstić information content (AvgIpc) is 3.36. The number of halogens is 4. The van der Waals surface area contributed by atoms with E-state index in [9.17, 15) is 23.3 Å². The van der Waals surface area contributed by atoms with E-state index >= 15 is 0 Å². The molecule has 0 bridgehead atoms. The van der Waals surface area contributed by atoms with Crippen LogP contribution >= 0.6 is 22.9 Å². The fourth-order valence-electron chi connectivity index (χ4n) is 2.87. The van der Waals surface area contributed by atoms with Crippen molar-refractivity contribution >= 4 is 44.7 Å². The van der Waals surface area contributed by atoms with E-state index in [2.05, 4.69) is 30.4 Å². The van der Waals surface area contributed by atoms with Crippen LogP contribution in [-0.4, -0.2) is 34.6 Å². The first kappa shape index (κ1) is 20.9. The maximum atomic E-state index is 13.4. The molecule has 0 amide bonds. The first-order valence-corrected chi connectivity index (χ1v) is 9.63. The lowest BCUT2D eigenvalue weighted by molar-refractivity contribution is -0.380. The molecule has 0 aliphatic rings. The Labute approximate surface area is 179 Å². The standard InChI is InChI=1S/C16H10ClF3N8O2S/c1-7(14-24-6-25-27(14)15-21-4-11(31-15)28(29)30)26-13-9-2-8(17)3-10(16(18,19)20)12(9)22-5-23-13/h2-7H,1H3,(H,22,23,26)/t7-/m0/s1. The number of rotatable bonds is 5. The summed E-state index contributed by atoms with van der Waals surface area (Å²) in [5, 5.41) is 17.9. The maximum Gasteiger partial charge on any atom is 0.418 e. The lowest BCUT2D eigenvalue weighted by Crippen LogP contribution is -2.15. The zero-order chi connectivity index (χ0) is 22.3. The van der Waals surface area contributed by atoms with E-state index in [4.69, 9.17) is 11.6 Å². The molecular weight excluding hydrogens is 461 g/mol. The highest BCUT2D eigenvalue weighted by molar-refractivity contribution is 7.17. The Bertz CT molecular complexity index is 1290. The number of alkyl halides is 3. The molecule has 3 heterocycles. The van der Waals surface area contributed by atoms with Gasteiger partial charge in [-0.3, -0.25) is 10.1 Å². The Hall–Kier alpha value is -3.39. The highest BCUT2D eigenvalue weighted by Gasteiger charge is 2.34. The Morgan fingerprint density at radius 2 is 2.00 bits per heavy atom. The van der Waals surface area contributed by atoms with Gasteiger partial charge in [0.25, 0.3) is 0 Å². The van der Waals surface area contributed by atoms with Crippen molar-refractivity contribution in [2.24, 2.45) is 0 Å². The molecule has 31 heavy (non-hydrogen) atoms. The Morgan fingerprint density at radius 1 is 1.23 bits per heavy atom. The summed E-state index contributed by atoms with van der Waals surface area (Å²) >= 11 is 6.70. The molecule has 0 fully saturated rings. The summed E-state index contributed by atoms with van der Waals surface area (Å²) in [5.41, 5.74) is -1.29. The number of nitrogens with one attached hydrogen (secondary N) is 1. The van der Waals surface area contributed by atoms with Crippen molar-refractivity contribution in [3.05, 3.63) is 57.5 Å². The quantitative estimate of drug-likeness (QED) is 0.335. The monoisotopic (exact) mass is 470 g/mol. The van der Waals surface area contributed by atoms with Crippen LogP contribution < -0.4 is 5.32 Å². The fourth-order valence-corrected chi connectivity index (χ4v) is 3.78. The van der Waals surface area contributed by atoms with Gasteiger partial charge < -0.3 is 5.32 Å². The van der Waals surface area contributed by atoms with Crippen LogP contribution in [0.15, 0.2) is 31.0 Å². The number of thiazole rings is 1. The van der Waals surface area contributed by atoms with Crippen LogP contribution in [0.5, 0.6) is 0 Å². The van der Waals surface area contributed by atoms with Crippen molar-refractivity contribution in [2.75, 3.05) is 5.32 Å². The molecule has 0 unspecified atom stereocenters. The summed E-state index contributed by atoms with van der Waals surface area (Å²) in [6.07, 6.45) is -1.31. The number of nitro groups is 1. The largest absolute Gasteiger partial charge is 0.418 e. The van der Waals surface area contributed by atoms with Gasteiger partial charge in [0, 0.05) is 10.4 Å². The van der Waals surface area contributed by atoms with E-state index in [0.29, 0.717) is 5.82 Å². The Balaban J connectivity index is 1.72. The third kappa shape index (κ3) is 3.98.